The summed E-state index contributed by atoms with van der Waals surface area (Å²) < 4.78 is 14.0. The monoisotopic (exact) mass is 420 g/mol. The lowest BCUT2D eigenvalue weighted by atomic mass is 9.47. The third-order valence-electron chi connectivity index (χ3n) is 10.4. The molecule has 30 heavy (non-hydrogen) atoms. The van der Waals surface area contributed by atoms with Gasteiger partial charge in [-0.2, -0.15) is 0 Å². The molecule has 9 atom stereocenters. The van der Waals surface area contributed by atoms with Crippen LogP contribution >= 0.6 is 0 Å². The summed E-state index contributed by atoms with van der Waals surface area (Å²) in [6.45, 7) is 10.5. The zero-order valence-electron chi connectivity index (χ0n) is 20.0. The predicted molar refractivity (Wildman–Crippen MR) is 121 cm³/mol. The van der Waals surface area contributed by atoms with Crippen LogP contribution in [0.2, 0.25) is 0 Å². The van der Waals surface area contributed by atoms with E-state index in [4.69, 9.17) is 0 Å². The van der Waals surface area contributed by atoms with Crippen LogP contribution in [0.4, 0.5) is 4.39 Å². The molecule has 4 aliphatic carbocycles. The topological polar surface area (TPSA) is 40.5 Å². The number of allylic oxidation sites excluding steroid dienone is 1. The van der Waals surface area contributed by atoms with E-state index in [2.05, 4.69) is 26.8 Å². The van der Waals surface area contributed by atoms with Gasteiger partial charge < -0.3 is 10.2 Å². The molecule has 4 rings (SSSR count). The van der Waals surface area contributed by atoms with E-state index in [1.165, 1.54) is 32.1 Å². The van der Waals surface area contributed by atoms with Crippen LogP contribution in [-0.2, 0) is 0 Å². The highest BCUT2D eigenvalue weighted by Crippen LogP contribution is 2.67. The highest BCUT2D eigenvalue weighted by Gasteiger charge is 2.59. The molecule has 3 heteroatoms. The molecule has 0 bridgehead atoms. The molecule has 1 unspecified atom stereocenters. The first-order valence-corrected chi connectivity index (χ1v) is 12.7. The van der Waals surface area contributed by atoms with E-state index in [1.54, 1.807) is 19.4 Å². The van der Waals surface area contributed by atoms with Crippen LogP contribution in [-0.4, -0.2) is 28.1 Å². The van der Waals surface area contributed by atoms with Crippen molar-refractivity contribution in [3.63, 3.8) is 0 Å². The van der Waals surface area contributed by atoms with E-state index < -0.39 is 11.8 Å². The summed E-state index contributed by atoms with van der Waals surface area (Å²) in [5, 5.41) is 21.1. The first-order chi connectivity index (χ1) is 14.0. The maximum atomic E-state index is 14.0. The fraction of sp³-hybridized carbons (Fsp3) is 0.926. The van der Waals surface area contributed by atoms with Crippen molar-refractivity contribution in [3.05, 3.63) is 11.6 Å². The van der Waals surface area contributed by atoms with Crippen LogP contribution in [0.1, 0.15) is 98.8 Å². The van der Waals surface area contributed by atoms with Crippen LogP contribution in [0, 0.1) is 40.4 Å². The lowest BCUT2D eigenvalue weighted by Gasteiger charge is -2.58. The Morgan fingerprint density at radius 1 is 1.13 bits per heavy atom. The van der Waals surface area contributed by atoms with Crippen LogP contribution < -0.4 is 0 Å². The molecule has 0 amide bonds. The van der Waals surface area contributed by atoms with Gasteiger partial charge in [0.2, 0.25) is 0 Å². The smallest absolute Gasteiger partial charge is 0.105 e. The second kappa shape index (κ2) is 7.87. The minimum absolute atomic E-state index is 0.137. The minimum atomic E-state index is -1.20. The highest BCUT2D eigenvalue weighted by atomic mass is 19.1. The summed E-state index contributed by atoms with van der Waals surface area (Å²) in [5.74, 6) is 3.05. The van der Waals surface area contributed by atoms with Gasteiger partial charge in [0.15, 0.2) is 0 Å². The van der Waals surface area contributed by atoms with Gasteiger partial charge in [-0.1, -0.05) is 32.4 Å². The first-order valence-electron chi connectivity index (χ1n) is 12.7. The molecule has 0 spiro atoms. The molecule has 0 aromatic carbocycles. The number of aliphatic hydroxyl groups is 2. The minimum Gasteiger partial charge on any atom is -0.393 e. The van der Waals surface area contributed by atoms with E-state index >= 15 is 0 Å². The first kappa shape index (κ1) is 22.8. The van der Waals surface area contributed by atoms with Crippen LogP contribution in [0.15, 0.2) is 11.6 Å². The van der Waals surface area contributed by atoms with E-state index in [1.807, 2.05) is 0 Å². The number of alkyl halides is 1. The Kier molecular flexibility index (Phi) is 5.97. The lowest BCUT2D eigenvalue weighted by Crippen LogP contribution is -2.51. The second-order valence-electron chi connectivity index (χ2n) is 12.6. The van der Waals surface area contributed by atoms with Gasteiger partial charge in [0.25, 0.3) is 0 Å². The molecule has 0 aliphatic heterocycles. The zero-order chi connectivity index (χ0) is 21.9. The van der Waals surface area contributed by atoms with Crippen LogP contribution in [0.25, 0.3) is 0 Å². The van der Waals surface area contributed by atoms with Crippen molar-refractivity contribution in [1.29, 1.82) is 0 Å². The number of halogens is 1. The Labute approximate surface area is 183 Å². The molecule has 2 nitrogen and oxygen atoms in total. The van der Waals surface area contributed by atoms with E-state index in [0.29, 0.717) is 29.6 Å². The maximum absolute atomic E-state index is 14.0. The van der Waals surface area contributed by atoms with Crippen molar-refractivity contribution in [2.75, 3.05) is 0 Å². The van der Waals surface area contributed by atoms with E-state index in [0.717, 1.165) is 37.0 Å². The molecular weight excluding hydrogens is 375 g/mol. The van der Waals surface area contributed by atoms with Gasteiger partial charge in [-0.3, -0.25) is 0 Å². The summed E-state index contributed by atoms with van der Waals surface area (Å²) >= 11 is 0. The fourth-order valence-corrected chi connectivity index (χ4v) is 8.57. The van der Waals surface area contributed by atoms with E-state index in [9.17, 15) is 14.6 Å². The predicted octanol–water partition coefficient (Wildman–Crippen LogP) is 6.45. The number of aliphatic hydroxyl groups excluding tert-OH is 2. The molecule has 3 fully saturated rings. The van der Waals surface area contributed by atoms with Crippen molar-refractivity contribution in [2.24, 2.45) is 40.4 Å². The summed E-state index contributed by atoms with van der Waals surface area (Å²) in [5.41, 5.74) is 0.941. The van der Waals surface area contributed by atoms with Crippen molar-refractivity contribution >= 4 is 0 Å². The van der Waals surface area contributed by atoms with Crippen molar-refractivity contribution in [1.82, 2.24) is 0 Å². The Balaban J connectivity index is 1.50. The summed E-state index contributed by atoms with van der Waals surface area (Å²) in [7, 11) is 0. The molecule has 0 heterocycles. The number of fused-ring (bicyclic) bond motifs is 5. The number of rotatable bonds is 5. The van der Waals surface area contributed by atoms with Crippen molar-refractivity contribution in [3.8, 4) is 0 Å². The van der Waals surface area contributed by atoms with Crippen LogP contribution in [0.3, 0.4) is 0 Å². The summed E-state index contributed by atoms with van der Waals surface area (Å²) in [6.07, 6.45) is 12.2. The molecule has 4 aliphatic rings. The molecular formula is C27H45FO2. The average Bonchev–Trinajstić information content (AvgIpc) is 3.02. The Morgan fingerprint density at radius 2 is 1.87 bits per heavy atom. The van der Waals surface area contributed by atoms with Gasteiger partial charge in [0.1, 0.15) is 5.67 Å². The Morgan fingerprint density at radius 3 is 2.57 bits per heavy atom. The number of hydrogen-bond acceptors (Lipinski definition) is 2. The highest BCUT2D eigenvalue weighted by molar-refractivity contribution is 5.25. The molecule has 172 valence electrons. The summed E-state index contributed by atoms with van der Waals surface area (Å²) in [4.78, 5) is 0. The van der Waals surface area contributed by atoms with E-state index in [-0.39, 0.29) is 12.0 Å². The lowest BCUT2D eigenvalue weighted by molar-refractivity contribution is -0.0687. The molecule has 0 aromatic rings. The van der Waals surface area contributed by atoms with Gasteiger partial charge in [0.05, 0.1) is 12.2 Å². The largest absolute Gasteiger partial charge is 0.393 e. The standard InChI is InChI=1S/C27H45FO2/c1-17(24(30)12-13-25(2,3)28)21-8-9-22-20-7-6-18-16-19(29)10-14-26(18,4)23(20)11-15-27(21,22)5/h6,17,19-24,29-30H,7-16H2,1-5H3/t17-,19-,20-,21+,22-,23-,24?,26-,27+/m0/s1. The quantitative estimate of drug-likeness (QED) is 0.502. The Hall–Kier alpha value is -0.410. The van der Waals surface area contributed by atoms with Crippen molar-refractivity contribution in [2.45, 2.75) is 117 Å². The van der Waals surface area contributed by atoms with Gasteiger partial charge in [-0.15, -0.1) is 0 Å². The van der Waals surface area contributed by atoms with Gasteiger partial charge in [-0.05, 0) is 118 Å². The van der Waals surface area contributed by atoms with Gasteiger partial charge in [0, 0.05) is 0 Å². The van der Waals surface area contributed by atoms with Gasteiger partial charge in [-0.25, -0.2) is 4.39 Å². The third kappa shape index (κ3) is 3.81. The van der Waals surface area contributed by atoms with Crippen LogP contribution in [0.5, 0.6) is 0 Å². The molecule has 3 saturated carbocycles. The van der Waals surface area contributed by atoms with Crippen molar-refractivity contribution < 1.29 is 14.6 Å². The average molecular weight is 421 g/mol. The Bertz CT molecular complexity index is 666. The SMILES string of the molecule is C[C@H](C(O)CCC(C)(C)F)[C@H]1CC[C@H]2[C@@H]3CC=C4C[C@@H](O)CC[C@]4(C)[C@H]3CC[C@]12C. The fourth-order valence-electron chi connectivity index (χ4n) is 8.57. The number of hydrogen-bond donors (Lipinski definition) is 2. The summed E-state index contributed by atoms with van der Waals surface area (Å²) in [6, 6.07) is 0. The second-order valence-corrected chi connectivity index (χ2v) is 12.6. The maximum Gasteiger partial charge on any atom is 0.105 e. The van der Waals surface area contributed by atoms with Gasteiger partial charge >= 0.3 is 0 Å². The normalized spacial score (nSPS) is 45.7. The molecule has 0 saturated heterocycles. The molecule has 0 radical (unpaired) electrons. The molecule has 2 N–H and O–H groups in total. The zero-order valence-corrected chi connectivity index (χ0v) is 20.0. The third-order valence-corrected chi connectivity index (χ3v) is 10.4. The molecule has 0 aromatic heterocycles.